The Morgan fingerprint density at radius 2 is 1.77 bits per heavy atom. The highest BCUT2D eigenvalue weighted by molar-refractivity contribution is 7.89. The highest BCUT2D eigenvalue weighted by Crippen LogP contribution is 2.32. The van der Waals surface area contributed by atoms with Crippen LogP contribution in [0.2, 0.25) is 0 Å². The van der Waals surface area contributed by atoms with E-state index in [9.17, 15) is 30.8 Å². The lowest BCUT2D eigenvalue weighted by atomic mass is 10.0. The molecular formula is C31H29F4N5O3S. The Balaban J connectivity index is 1.38. The van der Waals surface area contributed by atoms with E-state index in [2.05, 4.69) is 20.3 Å². The van der Waals surface area contributed by atoms with E-state index >= 15 is 0 Å². The van der Waals surface area contributed by atoms with Gasteiger partial charge in [0.1, 0.15) is 5.82 Å². The van der Waals surface area contributed by atoms with Gasteiger partial charge in [-0.3, -0.25) is 9.78 Å². The van der Waals surface area contributed by atoms with Crippen LogP contribution in [0.4, 0.5) is 23.5 Å². The van der Waals surface area contributed by atoms with Crippen molar-refractivity contribution in [2.45, 2.75) is 55.8 Å². The molecule has 0 spiro atoms. The lowest BCUT2D eigenvalue weighted by molar-refractivity contribution is -0.137. The molecule has 8 nitrogen and oxygen atoms in total. The molecule has 1 fully saturated rings. The van der Waals surface area contributed by atoms with Crippen molar-refractivity contribution in [2.75, 3.05) is 11.9 Å². The largest absolute Gasteiger partial charge is 0.416 e. The molecule has 3 heterocycles. The standard InChI is InChI=1S/C31H29F4N5O3S/c1-20(26-5-2-3-17-36-26)37-30-38-24(19-27(39-30)21-7-9-22(10-8-21)31(33,34)35)13-16-29(41)28-6-4-18-40(28)44(42,43)25-14-11-23(32)12-15-25/h2-3,5,7-12,14-15,17,19-20,28H,4,6,13,16,18H2,1H3,(H,37,38,39)/t20?,28-/m0/s1. The van der Waals surface area contributed by atoms with E-state index in [0.29, 0.717) is 29.8 Å². The number of aryl methyl sites for hydroxylation is 1. The summed E-state index contributed by atoms with van der Waals surface area (Å²) in [6.07, 6.45) is -1.87. The van der Waals surface area contributed by atoms with E-state index in [1.54, 1.807) is 18.3 Å². The van der Waals surface area contributed by atoms with Crippen LogP contribution in [0, 0.1) is 5.82 Å². The molecule has 1 aliphatic rings. The van der Waals surface area contributed by atoms with Crippen LogP contribution in [-0.4, -0.2) is 46.0 Å². The minimum absolute atomic E-state index is 0.0290. The van der Waals surface area contributed by atoms with Gasteiger partial charge in [-0.2, -0.15) is 17.5 Å². The fraction of sp³-hybridized carbons (Fsp3) is 0.290. The maximum Gasteiger partial charge on any atom is 0.416 e. The Morgan fingerprint density at radius 3 is 2.43 bits per heavy atom. The fourth-order valence-electron chi connectivity index (χ4n) is 5.08. The summed E-state index contributed by atoms with van der Waals surface area (Å²) in [6, 6.07) is 14.9. The molecule has 0 amide bonds. The summed E-state index contributed by atoms with van der Waals surface area (Å²) in [5.74, 6) is -0.662. The highest BCUT2D eigenvalue weighted by Gasteiger charge is 2.39. The third-order valence-corrected chi connectivity index (χ3v) is 9.31. The van der Waals surface area contributed by atoms with Gasteiger partial charge in [0.2, 0.25) is 16.0 Å². The summed E-state index contributed by atoms with van der Waals surface area (Å²) in [4.78, 5) is 26.7. The molecule has 2 atom stereocenters. The van der Waals surface area contributed by atoms with E-state index in [1.165, 1.54) is 24.3 Å². The number of alkyl halides is 3. The number of nitrogens with one attached hydrogen (secondary N) is 1. The molecule has 4 aromatic rings. The number of carbonyl (C=O) groups excluding carboxylic acids is 1. The second kappa shape index (κ2) is 12.8. The second-order valence-electron chi connectivity index (χ2n) is 10.5. The number of pyridine rings is 1. The SMILES string of the molecule is CC(Nc1nc(CCC(=O)[C@@H]2CCCN2S(=O)(=O)c2ccc(F)cc2)cc(-c2ccc(C(F)(F)F)cc2)n1)c1ccccn1. The molecule has 230 valence electrons. The number of halogens is 4. The first-order chi connectivity index (χ1) is 20.9. The Morgan fingerprint density at radius 1 is 1.05 bits per heavy atom. The Bertz CT molecular complexity index is 1720. The number of aromatic nitrogens is 3. The minimum atomic E-state index is -4.49. The van der Waals surface area contributed by atoms with E-state index in [1.807, 2.05) is 19.1 Å². The first-order valence-electron chi connectivity index (χ1n) is 13.9. The average Bonchev–Trinajstić information content (AvgIpc) is 3.52. The molecule has 1 saturated heterocycles. The monoisotopic (exact) mass is 627 g/mol. The lowest BCUT2D eigenvalue weighted by Crippen LogP contribution is -2.40. The molecule has 0 saturated carbocycles. The summed E-state index contributed by atoms with van der Waals surface area (Å²) in [5.41, 5.74) is 1.16. The quantitative estimate of drug-likeness (QED) is 0.208. The topological polar surface area (TPSA) is 105 Å². The van der Waals surface area contributed by atoms with Crippen molar-refractivity contribution >= 4 is 21.8 Å². The van der Waals surface area contributed by atoms with E-state index in [-0.39, 0.29) is 42.1 Å². The van der Waals surface area contributed by atoms with Gasteiger partial charge in [-0.25, -0.2) is 22.8 Å². The molecule has 44 heavy (non-hydrogen) atoms. The normalized spacial score (nSPS) is 16.5. The number of nitrogens with zero attached hydrogens (tertiary/aromatic N) is 4. The van der Waals surface area contributed by atoms with Crippen molar-refractivity contribution in [3.8, 4) is 11.3 Å². The number of carbonyl (C=O) groups is 1. The van der Waals surface area contributed by atoms with E-state index < -0.39 is 33.6 Å². The highest BCUT2D eigenvalue weighted by atomic mass is 32.2. The van der Waals surface area contributed by atoms with Crippen molar-refractivity contribution in [1.29, 1.82) is 0 Å². The van der Waals surface area contributed by atoms with Crippen LogP contribution in [0.5, 0.6) is 0 Å². The molecule has 13 heteroatoms. The summed E-state index contributed by atoms with van der Waals surface area (Å²) in [6.45, 7) is 2.02. The zero-order valence-corrected chi connectivity index (χ0v) is 24.4. The number of sulfonamides is 1. The predicted octanol–water partition coefficient (Wildman–Crippen LogP) is 6.22. The third-order valence-electron chi connectivity index (χ3n) is 7.39. The molecule has 5 rings (SSSR count). The number of anilines is 1. The lowest BCUT2D eigenvalue weighted by Gasteiger charge is -2.23. The van der Waals surface area contributed by atoms with Crippen molar-refractivity contribution < 1.29 is 30.8 Å². The molecule has 1 unspecified atom stereocenters. The molecule has 2 aromatic carbocycles. The summed E-state index contributed by atoms with van der Waals surface area (Å²) in [5, 5.41) is 3.17. The zero-order valence-electron chi connectivity index (χ0n) is 23.6. The maximum absolute atomic E-state index is 13.4. The number of hydrogen-bond acceptors (Lipinski definition) is 7. The number of Topliss-reactive ketones (excluding diaryl/α,β-unsaturated/α-hetero) is 1. The van der Waals surface area contributed by atoms with Crippen LogP contribution in [0.15, 0.2) is 83.9 Å². The van der Waals surface area contributed by atoms with Crippen LogP contribution in [0.3, 0.4) is 0 Å². The van der Waals surface area contributed by atoms with Crippen LogP contribution >= 0.6 is 0 Å². The van der Waals surface area contributed by atoms with E-state index in [4.69, 9.17) is 0 Å². The molecule has 0 bridgehead atoms. The van der Waals surface area contributed by atoms with Crippen LogP contribution in [-0.2, 0) is 27.4 Å². The van der Waals surface area contributed by atoms with Gasteiger partial charge < -0.3 is 5.32 Å². The summed E-state index contributed by atoms with van der Waals surface area (Å²) < 4.78 is 80.4. The molecule has 1 aliphatic heterocycles. The molecule has 1 N–H and O–H groups in total. The first-order valence-corrected chi connectivity index (χ1v) is 15.4. The zero-order chi connectivity index (χ0) is 31.5. The smallest absolute Gasteiger partial charge is 0.346 e. The van der Waals surface area contributed by atoms with Crippen LogP contribution in [0.1, 0.15) is 49.2 Å². The Kier molecular flexibility index (Phi) is 9.07. The number of ketones is 1. The first kappa shape index (κ1) is 31.2. The molecular weight excluding hydrogens is 598 g/mol. The second-order valence-corrected chi connectivity index (χ2v) is 12.3. The van der Waals surface area contributed by atoms with Gasteiger partial charge in [-0.1, -0.05) is 18.2 Å². The van der Waals surface area contributed by atoms with Crippen LogP contribution < -0.4 is 5.32 Å². The number of benzene rings is 2. The Labute approximate surface area is 252 Å². The summed E-state index contributed by atoms with van der Waals surface area (Å²) >= 11 is 0. The van der Waals surface area contributed by atoms with Crippen molar-refractivity contribution in [3.05, 3.63) is 102 Å². The van der Waals surface area contributed by atoms with Crippen molar-refractivity contribution in [3.63, 3.8) is 0 Å². The van der Waals surface area contributed by atoms with Gasteiger partial charge in [0, 0.05) is 30.4 Å². The van der Waals surface area contributed by atoms with Crippen molar-refractivity contribution in [2.24, 2.45) is 0 Å². The van der Waals surface area contributed by atoms with Gasteiger partial charge in [-0.15, -0.1) is 0 Å². The third kappa shape index (κ3) is 7.11. The van der Waals surface area contributed by atoms with Crippen molar-refractivity contribution in [1.82, 2.24) is 19.3 Å². The van der Waals surface area contributed by atoms with Gasteiger partial charge in [0.05, 0.1) is 33.9 Å². The summed E-state index contributed by atoms with van der Waals surface area (Å²) in [7, 11) is -4.01. The van der Waals surface area contributed by atoms with Gasteiger partial charge in [-0.05, 0) is 80.8 Å². The Hall–Kier alpha value is -4.23. The molecule has 2 aromatic heterocycles. The van der Waals surface area contributed by atoms with Gasteiger partial charge in [0.15, 0.2) is 5.78 Å². The van der Waals surface area contributed by atoms with Gasteiger partial charge in [0.25, 0.3) is 0 Å². The molecule has 0 aliphatic carbocycles. The van der Waals surface area contributed by atoms with Crippen LogP contribution in [0.25, 0.3) is 11.3 Å². The number of rotatable bonds is 10. The predicted molar refractivity (Wildman–Crippen MR) is 155 cm³/mol. The van der Waals surface area contributed by atoms with Gasteiger partial charge >= 0.3 is 6.18 Å². The number of hydrogen-bond donors (Lipinski definition) is 1. The van der Waals surface area contributed by atoms with E-state index in [0.717, 1.165) is 34.3 Å². The minimum Gasteiger partial charge on any atom is -0.346 e. The maximum atomic E-state index is 13.4. The molecule has 0 radical (unpaired) electrons. The average molecular weight is 628 g/mol. The fourth-order valence-corrected chi connectivity index (χ4v) is 6.76.